The number of hydrogen-bond acceptors (Lipinski definition) is 4. The molecular formula is C14H23BrN4. The molecule has 1 aromatic heterocycles. The number of rotatable bonds is 4. The van der Waals surface area contributed by atoms with Crippen LogP contribution >= 0.6 is 15.9 Å². The second-order valence-electron chi connectivity index (χ2n) is 5.40. The van der Waals surface area contributed by atoms with E-state index in [1.807, 2.05) is 0 Å². The Hall–Kier alpha value is -0.680. The molecule has 106 valence electrons. The van der Waals surface area contributed by atoms with E-state index in [-0.39, 0.29) is 0 Å². The van der Waals surface area contributed by atoms with E-state index in [1.54, 1.807) is 0 Å². The molecule has 0 saturated carbocycles. The van der Waals surface area contributed by atoms with Gasteiger partial charge in [-0.1, -0.05) is 29.8 Å². The van der Waals surface area contributed by atoms with Gasteiger partial charge in [-0.2, -0.15) is 0 Å². The fourth-order valence-corrected chi connectivity index (χ4v) is 2.82. The van der Waals surface area contributed by atoms with Crippen molar-refractivity contribution >= 4 is 21.7 Å². The van der Waals surface area contributed by atoms with Crippen LogP contribution in [0.4, 0.5) is 5.82 Å². The summed E-state index contributed by atoms with van der Waals surface area (Å²) in [4.78, 5) is 14.1. The largest absolute Gasteiger partial charge is 0.354 e. The predicted molar refractivity (Wildman–Crippen MR) is 83.3 cm³/mol. The van der Waals surface area contributed by atoms with Gasteiger partial charge in [-0.25, -0.2) is 9.97 Å². The lowest BCUT2D eigenvalue weighted by Crippen LogP contribution is -2.47. The van der Waals surface area contributed by atoms with Gasteiger partial charge in [0.05, 0.1) is 0 Å². The molecule has 0 atom stereocenters. The monoisotopic (exact) mass is 326 g/mol. The van der Waals surface area contributed by atoms with Crippen LogP contribution in [0.1, 0.15) is 31.3 Å². The Bertz CT molecular complexity index is 414. The fraction of sp³-hybridized carbons (Fsp3) is 0.714. The summed E-state index contributed by atoms with van der Waals surface area (Å²) in [7, 11) is 0. The number of alkyl halides is 1. The number of nitrogens with zero attached hydrogens (tertiary/aromatic N) is 4. The van der Waals surface area contributed by atoms with Crippen molar-refractivity contribution in [1.82, 2.24) is 14.9 Å². The topological polar surface area (TPSA) is 32.3 Å². The molecule has 2 heterocycles. The number of aromatic nitrogens is 2. The lowest BCUT2D eigenvalue weighted by molar-refractivity contribution is 0.273. The molecule has 0 spiro atoms. The molecule has 0 aliphatic carbocycles. The van der Waals surface area contributed by atoms with Crippen LogP contribution in [0.3, 0.4) is 0 Å². The first kappa shape index (κ1) is 14.7. The number of aryl methyl sites for hydroxylation is 1. The third kappa shape index (κ3) is 3.89. The summed E-state index contributed by atoms with van der Waals surface area (Å²) in [5.74, 6) is 2.43. The Labute approximate surface area is 124 Å². The molecule has 5 heteroatoms. The molecule has 1 aliphatic rings. The molecule has 19 heavy (non-hydrogen) atoms. The Morgan fingerprint density at radius 2 is 1.89 bits per heavy atom. The minimum Gasteiger partial charge on any atom is -0.354 e. The highest BCUT2D eigenvalue weighted by molar-refractivity contribution is 9.09. The third-order valence-electron chi connectivity index (χ3n) is 3.47. The maximum absolute atomic E-state index is 4.71. The summed E-state index contributed by atoms with van der Waals surface area (Å²) in [6.07, 6.45) is 0. The SMILES string of the molecule is Cc1cc(N2CCN(CCBr)CC2)nc(C(C)C)n1. The zero-order valence-electron chi connectivity index (χ0n) is 12.1. The van der Waals surface area contributed by atoms with Crippen molar-refractivity contribution in [3.05, 3.63) is 17.6 Å². The summed E-state index contributed by atoms with van der Waals surface area (Å²) in [5, 5.41) is 1.05. The summed E-state index contributed by atoms with van der Waals surface area (Å²) >= 11 is 3.50. The van der Waals surface area contributed by atoms with Crippen LogP contribution < -0.4 is 4.90 Å². The molecule has 4 nitrogen and oxygen atoms in total. The molecule has 1 aromatic rings. The molecular weight excluding hydrogens is 304 g/mol. The van der Waals surface area contributed by atoms with Crippen molar-refractivity contribution < 1.29 is 0 Å². The Kier molecular flexibility index (Phi) is 5.16. The molecule has 2 rings (SSSR count). The zero-order valence-corrected chi connectivity index (χ0v) is 13.7. The second-order valence-corrected chi connectivity index (χ2v) is 6.19. The first-order valence-corrected chi connectivity index (χ1v) is 8.11. The van der Waals surface area contributed by atoms with E-state index >= 15 is 0 Å². The van der Waals surface area contributed by atoms with E-state index in [9.17, 15) is 0 Å². The van der Waals surface area contributed by atoms with Crippen molar-refractivity contribution in [1.29, 1.82) is 0 Å². The molecule has 0 amide bonds. The fourth-order valence-electron chi connectivity index (χ4n) is 2.31. The Balaban J connectivity index is 2.06. The van der Waals surface area contributed by atoms with Gasteiger partial charge < -0.3 is 4.90 Å². The quantitative estimate of drug-likeness (QED) is 0.795. The van der Waals surface area contributed by atoms with Gasteiger partial charge in [-0.05, 0) is 6.92 Å². The van der Waals surface area contributed by atoms with Crippen molar-refractivity contribution in [2.75, 3.05) is 43.0 Å². The highest BCUT2D eigenvalue weighted by atomic mass is 79.9. The van der Waals surface area contributed by atoms with Crippen LogP contribution in [-0.4, -0.2) is 52.9 Å². The van der Waals surface area contributed by atoms with Gasteiger partial charge in [-0.15, -0.1) is 0 Å². The molecule has 1 saturated heterocycles. The maximum Gasteiger partial charge on any atom is 0.133 e. The van der Waals surface area contributed by atoms with Crippen molar-refractivity contribution in [3.8, 4) is 0 Å². The second kappa shape index (κ2) is 6.66. The number of halogens is 1. The molecule has 0 radical (unpaired) electrons. The number of anilines is 1. The lowest BCUT2D eigenvalue weighted by Gasteiger charge is -2.35. The highest BCUT2D eigenvalue weighted by Crippen LogP contribution is 2.18. The van der Waals surface area contributed by atoms with Crippen LogP contribution in [0.2, 0.25) is 0 Å². The molecule has 0 bridgehead atoms. The third-order valence-corrected chi connectivity index (χ3v) is 3.83. The molecule has 0 N–H and O–H groups in total. The minimum atomic E-state index is 0.383. The molecule has 1 aliphatic heterocycles. The van der Waals surface area contributed by atoms with Crippen LogP contribution in [0.15, 0.2) is 6.07 Å². The standard InChI is InChI=1S/C14H23BrN4/c1-11(2)14-16-12(3)10-13(17-14)19-8-6-18(5-4-15)7-9-19/h10-11H,4-9H2,1-3H3. The van der Waals surface area contributed by atoms with Gasteiger partial charge in [0, 0.05) is 55.7 Å². The summed E-state index contributed by atoms with van der Waals surface area (Å²) < 4.78 is 0. The molecule has 0 aromatic carbocycles. The Morgan fingerprint density at radius 3 is 2.47 bits per heavy atom. The smallest absolute Gasteiger partial charge is 0.133 e. The van der Waals surface area contributed by atoms with Crippen molar-refractivity contribution in [2.45, 2.75) is 26.7 Å². The predicted octanol–water partition coefficient (Wildman–Crippen LogP) is 2.43. The van der Waals surface area contributed by atoms with E-state index in [4.69, 9.17) is 4.98 Å². The van der Waals surface area contributed by atoms with Gasteiger partial charge in [0.2, 0.25) is 0 Å². The Morgan fingerprint density at radius 1 is 1.21 bits per heavy atom. The van der Waals surface area contributed by atoms with Crippen LogP contribution in [0.5, 0.6) is 0 Å². The van der Waals surface area contributed by atoms with E-state index in [0.717, 1.165) is 55.4 Å². The van der Waals surface area contributed by atoms with Crippen LogP contribution in [0, 0.1) is 6.92 Å². The van der Waals surface area contributed by atoms with Crippen LogP contribution in [0.25, 0.3) is 0 Å². The average molecular weight is 327 g/mol. The highest BCUT2D eigenvalue weighted by Gasteiger charge is 2.18. The first-order valence-electron chi connectivity index (χ1n) is 6.99. The van der Waals surface area contributed by atoms with E-state index in [0.29, 0.717) is 5.92 Å². The first-order chi connectivity index (χ1) is 9.10. The van der Waals surface area contributed by atoms with Gasteiger partial charge in [0.15, 0.2) is 0 Å². The number of hydrogen-bond donors (Lipinski definition) is 0. The van der Waals surface area contributed by atoms with E-state index in [1.165, 1.54) is 0 Å². The van der Waals surface area contributed by atoms with E-state index < -0.39 is 0 Å². The number of piperazine rings is 1. The zero-order chi connectivity index (χ0) is 13.8. The normalized spacial score (nSPS) is 17.2. The van der Waals surface area contributed by atoms with Gasteiger partial charge in [0.25, 0.3) is 0 Å². The van der Waals surface area contributed by atoms with Crippen molar-refractivity contribution in [2.24, 2.45) is 0 Å². The molecule has 1 fully saturated rings. The maximum atomic E-state index is 4.71. The van der Waals surface area contributed by atoms with E-state index in [2.05, 4.69) is 57.6 Å². The van der Waals surface area contributed by atoms with Gasteiger partial charge in [0.1, 0.15) is 11.6 Å². The van der Waals surface area contributed by atoms with Crippen LogP contribution in [-0.2, 0) is 0 Å². The summed E-state index contributed by atoms with van der Waals surface area (Å²) in [6.45, 7) is 11.8. The summed E-state index contributed by atoms with van der Waals surface area (Å²) in [6, 6.07) is 2.10. The lowest BCUT2D eigenvalue weighted by atomic mass is 10.2. The summed E-state index contributed by atoms with van der Waals surface area (Å²) in [5.41, 5.74) is 1.07. The van der Waals surface area contributed by atoms with Gasteiger partial charge >= 0.3 is 0 Å². The molecule has 0 unspecified atom stereocenters. The van der Waals surface area contributed by atoms with Gasteiger partial charge in [-0.3, -0.25) is 4.90 Å². The van der Waals surface area contributed by atoms with Crippen molar-refractivity contribution in [3.63, 3.8) is 0 Å². The minimum absolute atomic E-state index is 0.383. The average Bonchev–Trinajstić information content (AvgIpc) is 2.39.